The van der Waals surface area contributed by atoms with Crippen LogP contribution in [-0.2, 0) is 9.59 Å². The van der Waals surface area contributed by atoms with Crippen LogP contribution >= 0.6 is 23.2 Å². The van der Waals surface area contributed by atoms with Crippen molar-refractivity contribution in [3.63, 3.8) is 0 Å². The first kappa shape index (κ1) is 23.5. The van der Waals surface area contributed by atoms with Crippen molar-refractivity contribution in [2.45, 2.75) is 31.3 Å². The minimum absolute atomic E-state index is 0.0289. The van der Waals surface area contributed by atoms with Crippen molar-refractivity contribution in [2.24, 2.45) is 5.92 Å². The van der Waals surface area contributed by atoms with Gasteiger partial charge in [0.2, 0.25) is 23.1 Å². The van der Waals surface area contributed by atoms with Crippen molar-refractivity contribution in [2.75, 3.05) is 14.2 Å². The first-order valence-corrected chi connectivity index (χ1v) is 11.6. The Kier molecular flexibility index (Phi) is 5.49. The van der Waals surface area contributed by atoms with Gasteiger partial charge in [0.05, 0.1) is 19.2 Å². The number of hydrogen-bond acceptors (Lipinski definition) is 7. The van der Waals surface area contributed by atoms with Crippen molar-refractivity contribution in [1.29, 1.82) is 0 Å². The van der Waals surface area contributed by atoms with E-state index in [0.29, 0.717) is 11.3 Å². The highest BCUT2D eigenvalue weighted by Gasteiger charge is 2.63. The fraction of sp³-hybridized carbons (Fsp3) is 0.320. The predicted octanol–water partition coefficient (Wildman–Crippen LogP) is 4.20. The molecule has 1 spiro atoms. The molecule has 8 nitrogen and oxygen atoms in total. The van der Waals surface area contributed by atoms with Gasteiger partial charge in [0.1, 0.15) is 27.8 Å². The highest BCUT2D eigenvalue weighted by Crippen LogP contribution is 2.55. The molecule has 1 amide bonds. The Morgan fingerprint density at radius 1 is 1.06 bits per heavy atom. The molecule has 3 atom stereocenters. The number of ketones is 2. The van der Waals surface area contributed by atoms with E-state index in [1.807, 2.05) is 0 Å². The lowest BCUT2D eigenvalue weighted by atomic mass is 9.66. The molecular formula is C25H21Cl2NO7. The van der Waals surface area contributed by atoms with E-state index in [0.717, 1.165) is 0 Å². The number of carbonyl (C=O) groups is 3. The van der Waals surface area contributed by atoms with Gasteiger partial charge in [0.25, 0.3) is 0 Å². The van der Waals surface area contributed by atoms with Gasteiger partial charge in [0.15, 0.2) is 5.75 Å². The number of carbonyl (C=O) groups excluding carboxylic acids is 3. The summed E-state index contributed by atoms with van der Waals surface area (Å²) in [6, 6.07) is 6.00. The molecule has 0 saturated heterocycles. The van der Waals surface area contributed by atoms with Crippen molar-refractivity contribution in [3.8, 4) is 23.0 Å². The van der Waals surface area contributed by atoms with Crippen LogP contribution in [0.25, 0.3) is 0 Å². The second kappa shape index (κ2) is 8.17. The van der Waals surface area contributed by atoms with Crippen LogP contribution in [0.3, 0.4) is 0 Å². The fourth-order valence-electron chi connectivity index (χ4n) is 5.21. The maximum Gasteiger partial charge on any atom is 0.236 e. The Bertz CT molecular complexity index is 1350. The number of phenols is 1. The normalized spacial score (nSPS) is 25.2. The van der Waals surface area contributed by atoms with E-state index >= 15 is 0 Å². The summed E-state index contributed by atoms with van der Waals surface area (Å²) in [6.07, 6.45) is 0.182. The largest absolute Gasteiger partial charge is 0.506 e. The number of ether oxygens (including phenoxy) is 3. The number of hydrogen-bond donors (Lipinski definition) is 2. The number of rotatable bonds is 3. The van der Waals surface area contributed by atoms with Crippen LogP contribution in [-0.4, -0.2) is 42.4 Å². The third-order valence-electron chi connectivity index (χ3n) is 6.93. The minimum Gasteiger partial charge on any atom is -0.506 e. The summed E-state index contributed by atoms with van der Waals surface area (Å²) >= 11 is 12.6. The lowest BCUT2D eigenvalue weighted by Crippen LogP contribution is -2.59. The number of allylic oxidation sites excluding steroid dienone is 1. The average molecular weight is 518 g/mol. The van der Waals surface area contributed by atoms with Crippen molar-refractivity contribution < 1.29 is 33.7 Å². The number of Topliss-reactive ketones (excluding diaryl/α,β-unsaturated/α-hetero) is 2. The van der Waals surface area contributed by atoms with Gasteiger partial charge in [0, 0.05) is 35.6 Å². The first-order chi connectivity index (χ1) is 16.6. The molecule has 182 valence electrons. The van der Waals surface area contributed by atoms with Gasteiger partial charge in [-0.1, -0.05) is 36.2 Å². The van der Waals surface area contributed by atoms with Gasteiger partial charge in [-0.15, -0.1) is 0 Å². The number of nitrogens with one attached hydrogen (secondary N) is 1. The third-order valence-corrected chi connectivity index (χ3v) is 7.59. The second-order valence-corrected chi connectivity index (χ2v) is 9.59. The summed E-state index contributed by atoms with van der Waals surface area (Å²) in [7, 11) is 2.82. The van der Waals surface area contributed by atoms with Crippen LogP contribution in [0.15, 0.2) is 35.5 Å². The number of aromatic hydroxyl groups is 1. The SMILES string of the molecule is COc1cc(OC)c2c(c1Cl)O[C@@]1(C(=O)C3=C(C[C@H]1C)NC(=O)C[C@H]3c1ccc(O)c(Cl)c1)C2=O. The summed E-state index contributed by atoms with van der Waals surface area (Å²) in [5.41, 5.74) is -0.528. The molecule has 0 bridgehead atoms. The van der Waals surface area contributed by atoms with Crippen LogP contribution in [0, 0.1) is 5.92 Å². The van der Waals surface area contributed by atoms with Gasteiger partial charge >= 0.3 is 0 Å². The summed E-state index contributed by atoms with van der Waals surface area (Å²) in [5, 5.41) is 12.8. The van der Waals surface area contributed by atoms with Crippen LogP contribution in [0.4, 0.5) is 0 Å². The molecule has 0 saturated carbocycles. The molecule has 2 aliphatic heterocycles. The van der Waals surface area contributed by atoms with E-state index in [2.05, 4.69) is 5.32 Å². The van der Waals surface area contributed by atoms with Crippen LogP contribution in [0.5, 0.6) is 23.0 Å². The molecule has 35 heavy (non-hydrogen) atoms. The molecule has 2 N–H and O–H groups in total. The van der Waals surface area contributed by atoms with Crippen molar-refractivity contribution in [1.82, 2.24) is 5.32 Å². The van der Waals surface area contributed by atoms with Crippen LogP contribution in [0.1, 0.15) is 41.6 Å². The molecule has 0 aromatic heterocycles. The number of fused-ring (bicyclic) bond motifs is 1. The molecule has 2 aromatic rings. The lowest BCUT2D eigenvalue weighted by Gasteiger charge is -2.41. The van der Waals surface area contributed by atoms with Gasteiger partial charge in [-0.05, 0) is 24.1 Å². The number of methoxy groups -OCH3 is 2. The summed E-state index contributed by atoms with van der Waals surface area (Å²) in [6.45, 7) is 1.72. The number of benzene rings is 2. The number of halogens is 2. The van der Waals surface area contributed by atoms with E-state index in [4.69, 9.17) is 37.4 Å². The highest BCUT2D eigenvalue weighted by molar-refractivity contribution is 6.36. The Balaban J connectivity index is 1.67. The van der Waals surface area contributed by atoms with E-state index in [-0.39, 0.29) is 62.9 Å². The molecule has 2 heterocycles. The quantitative estimate of drug-likeness (QED) is 0.586. The molecule has 0 fully saturated rings. The smallest absolute Gasteiger partial charge is 0.236 e. The van der Waals surface area contributed by atoms with Gasteiger partial charge in [-0.2, -0.15) is 0 Å². The van der Waals surface area contributed by atoms with E-state index in [1.54, 1.807) is 13.0 Å². The summed E-state index contributed by atoms with van der Waals surface area (Å²) in [5.74, 6) is -2.34. The Labute approximate surface area is 210 Å². The van der Waals surface area contributed by atoms with E-state index in [1.165, 1.54) is 32.4 Å². The van der Waals surface area contributed by atoms with Crippen molar-refractivity contribution >= 4 is 40.7 Å². The number of phenolic OH excluding ortho intramolecular Hbond substituents is 1. The molecule has 5 rings (SSSR count). The zero-order valence-corrected chi connectivity index (χ0v) is 20.5. The Morgan fingerprint density at radius 2 is 1.77 bits per heavy atom. The predicted molar refractivity (Wildman–Crippen MR) is 127 cm³/mol. The highest BCUT2D eigenvalue weighted by atomic mass is 35.5. The van der Waals surface area contributed by atoms with Gasteiger partial charge in [-0.25, -0.2) is 0 Å². The van der Waals surface area contributed by atoms with E-state index in [9.17, 15) is 19.5 Å². The topological polar surface area (TPSA) is 111 Å². The zero-order valence-electron chi connectivity index (χ0n) is 19.0. The summed E-state index contributed by atoms with van der Waals surface area (Å²) in [4.78, 5) is 40.7. The molecule has 2 aromatic carbocycles. The monoisotopic (exact) mass is 517 g/mol. The Hall–Kier alpha value is -3.23. The molecular weight excluding hydrogens is 497 g/mol. The zero-order chi connectivity index (χ0) is 25.2. The molecule has 3 aliphatic rings. The standard InChI is InChI=1S/C25H21Cl2NO7/c1-10-6-14-19(12(8-18(30)28-14)11-4-5-15(29)13(26)7-11)23(31)25(10)24(32)20-16(33-2)9-17(34-3)21(27)22(20)35-25/h4-5,7,9-10,12,29H,6,8H2,1-3H3,(H,28,30)/t10-,12+,25+/m1/s1. The number of amides is 1. The first-order valence-electron chi connectivity index (χ1n) is 10.9. The average Bonchev–Trinajstić information content (AvgIpc) is 3.14. The van der Waals surface area contributed by atoms with Gasteiger partial charge < -0.3 is 24.6 Å². The minimum atomic E-state index is -1.88. The van der Waals surface area contributed by atoms with Crippen LogP contribution in [0.2, 0.25) is 10.0 Å². The molecule has 0 unspecified atom stereocenters. The van der Waals surface area contributed by atoms with Crippen molar-refractivity contribution in [3.05, 3.63) is 56.7 Å². The van der Waals surface area contributed by atoms with Crippen LogP contribution < -0.4 is 19.5 Å². The molecule has 1 aliphatic carbocycles. The lowest BCUT2D eigenvalue weighted by molar-refractivity contribution is -0.131. The van der Waals surface area contributed by atoms with Gasteiger partial charge in [-0.3, -0.25) is 14.4 Å². The maximum atomic E-state index is 14.2. The second-order valence-electron chi connectivity index (χ2n) is 8.81. The summed E-state index contributed by atoms with van der Waals surface area (Å²) < 4.78 is 16.9. The third kappa shape index (κ3) is 3.23. The molecule has 0 radical (unpaired) electrons. The fourth-order valence-corrected chi connectivity index (χ4v) is 5.67. The maximum absolute atomic E-state index is 14.2. The Morgan fingerprint density at radius 3 is 2.43 bits per heavy atom. The molecule has 10 heteroatoms. The van der Waals surface area contributed by atoms with E-state index < -0.39 is 29.0 Å².